The lowest BCUT2D eigenvalue weighted by atomic mass is 10.0. The second-order valence-corrected chi connectivity index (χ2v) is 5.75. The molecule has 126 valence electrons. The van der Waals surface area contributed by atoms with Crippen LogP contribution in [0.2, 0.25) is 0 Å². The highest BCUT2D eigenvalue weighted by Gasteiger charge is 2.30. The Morgan fingerprint density at radius 2 is 2.04 bits per heavy atom. The van der Waals surface area contributed by atoms with Gasteiger partial charge in [0.05, 0.1) is 25.3 Å². The zero-order valence-electron chi connectivity index (χ0n) is 14.1. The van der Waals surface area contributed by atoms with E-state index in [1.807, 2.05) is 36.1 Å². The number of methoxy groups -OCH3 is 1. The van der Waals surface area contributed by atoms with Gasteiger partial charge in [0.1, 0.15) is 5.75 Å². The van der Waals surface area contributed by atoms with Crippen molar-refractivity contribution in [2.75, 3.05) is 20.3 Å². The van der Waals surface area contributed by atoms with E-state index in [2.05, 4.69) is 4.98 Å². The summed E-state index contributed by atoms with van der Waals surface area (Å²) in [5.41, 5.74) is 1.74. The van der Waals surface area contributed by atoms with E-state index in [0.717, 1.165) is 30.7 Å². The normalized spacial score (nSPS) is 16.9. The van der Waals surface area contributed by atoms with Crippen molar-refractivity contribution in [2.45, 2.75) is 25.8 Å². The van der Waals surface area contributed by atoms with Crippen LogP contribution in [-0.2, 0) is 0 Å². The number of aromatic nitrogens is 1. The first-order chi connectivity index (χ1) is 11.7. The molecular weight excluding hydrogens is 304 g/mol. The van der Waals surface area contributed by atoms with Crippen LogP contribution in [0.5, 0.6) is 11.6 Å². The highest BCUT2D eigenvalue weighted by molar-refractivity contribution is 5.94. The van der Waals surface area contributed by atoms with Crippen LogP contribution in [0, 0.1) is 0 Å². The van der Waals surface area contributed by atoms with Gasteiger partial charge in [-0.1, -0.05) is 12.1 Å². The monoisotopic (exact) mass is 326 g/mol. The van der Waals surface area contributed by atoms with Crippen LogP contribution in [0.3, 0.4) is 0 Å². The molecule has 1 aromatic heterocycles. The molecule has 1 aliphatic heterocycles. The SMILES string of the molecule is CCOc1ccc([C@@H]2CCCN2C(=O)c2ccc(OC)nc2)cc1. The van der Waals surface area contributed by atoms with Gasteiger partial charge in [-0.15, -0.1) is 0 Å². The minimum absolute atomic E-state index is 0.0153. The zero-order valence-corrected chi connectivity index (χ0v) is 14.1. The van der Waals surface area contributed by atoms with Crippen molar-refractivity contribution in [2.24, 2.45) is 0 Å². The summed E-state index contributed by atoms with van der Waals surface area (Å²) in [7, 11) is 1.56. The largest absolute Gasteiger partial charge is 0.494 e. The van der Waals surface area contributed by atoms with Crippen LogP contribution < -0.4 is 9.47 Å². The average Bonchev–Trinajstić information content (AvgIpc) is 3.12. The fraction of sp³-hybridized carbons (Fsp3) is 0.368. The summed E-state index contributed by atoms with van der Waals surface area (Å²) in [6.07, 6.45) is 3.56. The maximum Gasteiger partial charge on any atom is 0.255 e. The summed E-state index contributed by atoms with van der Waals surface area (Å²) >= 11 is 0. The van der Waals surface area contributed by atoms with E-state index in [9.17, 15) is 4.79 Å². The summed E-state index contributed by atoms with van der Waals surface area (Å²) in [6, 6.07) is 11.6. The van der Waals surface area contributed by atoms with Gasteiger partial charge in [-0.2, -0.15) is 0 Å². The number of rotatable bonds is 5. The number of benzene rings is 1. The molecule has 24 heavy (non-hydrogen) atoms. The third kappa shape index (κ3) is 3.35. The van der Waals surface area contributed by atoms with Gasteiger partial charge in [0.2, 0.25) is 5.88 Å². The highest BCUT2D eigenvalue weighted by Crippen LogP contribution is 2.33. The Morgan fingerprint density at radius 1 is 1.25 bits per heavy atom. The first kappa shape index (κ1) is 16.3. The topological polar surface area (TPSA) is 51.7 Å². The molecule has 5 heteroatoms. The van der Waals surface area contributed by atoms with Gasteiger partial charge in [0.25, 0.3) is 5.91 Å². The molecule has 0 unspecified atom stereocenters. The van der Waals surface area contributed by atoms with E-state index in [1.165, 1.54) is 0 Å². The fourth-order valence-corrected chi connectivity index (χ4v) is 3.10. The van der Waals surface area contributed by atoms with E-state index in [1.54, 1.807) is 25.4 Å². The molecule has 2 heterocycles. The Hall–Kier alpha value is -2.56. The maximum atomic E-state index is 12.8. The summed E-state index contributed by atoms with van der Waals surface area (Å²) in [5, 5.41) is 0. The summed E-state index contributed by atoms with van der Waals surface area (Å²) in [6.45, 7) is 3.38. The number of nitrogens with zero attached hydrogens (tertiary/aromatic N) is 2. The summed E-state index contributed by atoms with van der Waals surface area (Å²) in [5.74, 6) is 1.38. The van der Waals surface area contributed by atoms with Crippen molar-refractivity contribution in [1.29, 1.82) is 0 Å². The Labute approximate surface area is 142 Å². The van der Waals surface area contributed by atoms with Gasteiger partial charge in [-0.25, -0.2) is 4.98 Å². The number of amides is 1. The number of ether oxygens (including phenoxy) is 2. The Balaban J connectivity index is 1.77. The lowest BCUT2D eigenvalue weighted by molar-refractivity contribution is 0.0735. The van der Waals surface area contributed by atoms with Crippen molar-refractivity contribution < 1.29 is 14.3 Å². The van der Waals surface area contributed by atoms with Crippen molar-refractivity contribution >= 4 is 5.91 Å². The number of pyridine rings is 1. The number of hydrogen-bond acceptors (Lipinski definition) is 4. The number of hydrogen-bond donors (Lipinski definition) is 0. The maximum absolute atomic E-state index is 12.8. The number of carbonyl (C=O) groups is 1. The fourth-order valence-electron chi connectivity index (χ4n) is 3.10. The van der Waals surface area contributed by atoms with Gasteiger partial charge in [0, 0.05) is 18.8 Å². The third-order valence-corrected chi connectivity index (χ3v) is 4.28. The molecule has 0 saturated carbocycles. The molecule has 0 bridgehead atoms. The zero-order chi connectivity index (χ0) is 16.9. The number of likely N-dealkylation sites (tertiary alicyclic amines) is 1. The average molecular weight is 326 g/mol. The predicted molar refractivity (Wildman–Crippen MR) is 91.4 cm³/mol. The first-order valence-corrected chi connectivity index (χ1v) is 8.26. The van der Waals surface area contributed by atoms with Gasteiger partial charge in [0.15, 0.2) is 0 Å². The van der Waals surface area contributed by atoms with E-state index in [0.29, 0.717) is 18.1 Å². The molecule has 1 fully saturated rings. The molecule has 1 amide bonds. The Kier molecular flexibility index (Phi) is 4.99. The Morgan fingerprint density at radius 3 is 2.67 bits per heavy atom. The minimum Gasteiger partial charge on any atom is -0.494 e. The van der Waals surface area contributed by atoms with Crippen molar-refractivity contribution in [3.63, 3.8) is 0 Å². The first-order valence-electron chi connectivity index (χ1n) is 8.26. The van der Waals surface area contributed by atoms with Gasteiger partial charge in [-0.05, 0) is 43.5 Å². The molecule has 1 aromatic carbocycles. The van der Waals surface area contributed by atoms with Gasteiger partial charge >= 0.3 is 0 Å². The molecule has 0 radical (unpaired) electrons. The molecule has 1 saturated heterocycles. The van der Waals surface area contributed by atoms with Crippen LogP contribution in [0.4, 0.5) is 0 Å². The minimum atomic E-state index is 0.0153. The smallest absolute Gasteiger partial charge is 0.255 e. The van der Waals surface area contributed by atoms with Crippen LogP contribution in [0.1, 0.15) is 41.7 Å². The van der Waals surface area contributed by atoms with E-state index < -0.39 is 0 Å². The molecule has 1 aliphatic rings. The van der Waals surface area contributed by atoms with E-state index in [-0.39, 0.29) is 11.9 Å². The standard InChI is InChI=1S/C19H22N2O3/c1-3-24-16-9-6-14(7-10-16)17-5-4-12-21(17)19(22)15-8-11-18(23-2)20-13-15/h6-11,13,17H,3-5,12H2,1-2H3/t17-/m0/s1. The van der Waals surface area contributed by atoms with E-state index >= 15 is 0 Å². The van der Waals surface area contributed by atoms with Crippen LogP contribution in [0.25, 0.3) is 0 Å². The lowest BCUT2D eigenvalue weighted by Gasteiger charge is -2.25. The van der Waals surface area contributed by atoms with Crippen molar-refractivity contribution in [3.8, 4) is 11.6 Å². The molecule has 0 spiro atoms. The summed E-state index contributed by atoms with van der Waals surface area (Å²) < 4.78 is 10.5. The third-order valence-electron chi connectivity index (χ3n) is 4.28. The van der Waals surface area contributed by atoms with Crippen LogP contribution >= 0.6 is 0 Å². The second kappa shape index (κ2) is 7.34. The molecule has 3 rings (SSSR count). The molecular formula is C19H22N2O3. The highest BCUT2D eigenvalue weighted by atomic mass is 16.5. The van der Waals surface area contributed by atoms with Gasteiger partial charge in [-0.3, -0.25) is 4.79 Å². The van der Waals surface area contributed by atoms with Crippen molar-refractivity contribution in [1.82, 2.24) is 9.88 Å². The molecule has 0 N–H and O–H groups in total. The second-order valence-electron chi connectivity index (χ2n) is 5.75. The van der Waals surface area contributed by atoms with E-state index in [4.69, 9.17) is 9.47 Å². The van der Waals surface area contributed by atoms with Gasteiger partial charge < -0.3 is 14.4 Å². The number of carbonyl (C=O) groups excluding carboxylic acids is 1. The van der Waals surface area contributed by atoms with Crippen LogP contribution in [0.15, 0.2) is 42.6 Å². The molecule has 2 aromatic rings. The van der Waals surface area contributed by atoms with Crippen molar-refractivity contribution in [3.05, 3.63) is 53.7 Å². The quantitative estimate of drug-likeness (QED) is 0.844. The lowest BCUT2D eigenvalue weighted by Crippen LogP contribution is -2.30. The summed E-state index contributed by atoms with van der Waals surface area (Å²) in [4.78, 5) is 18.9. The molecule has 1 atom stereocenters. The molecule has 0 aliphatic carbocycles. The van der Waals surface area contributed by atoms with Crippen LogP contribution in [-0.4, -0.2) is 36.1 Å². The Bertz CT molecular complexity index is 683. The molecule has 5 nitrogen and oxygen atoms in total. The predicted octanol–water partition coefficient (Wildman–Crippen LogP) is 3.47.